The predicted octanol–water partition coefficient (Wildman–Crippen LogP) is 2.82. The van der Waals surface area contributed by atoms with Crippen LogP contribution in [0.15, 0.2) is 42.5 Å². The maximum Gasteiger partial charge on any atom is 0.128 e. The molecule has 0 spiro atoms. The van der Waals surface area contributed by atoms with E-state index in [4.69, 9.17) is 5.73 Å². The van der Waals surface area contributed by atoms with Gasteiger partial charge in [-0.15, -0.1) is 0 Å². The molecule has 0 saturated carbocycles. The summed E-state index contributed by atoms with van der Waals surface area (Å²) in [5.74, 6) is -0.905. The molecule has 0 unspecified atom stereocenters. The number of hydrogen-bond donors (Lipinski definition) is 1. The Balaban J connectivity index is 2.09. The highest BCUT2D eigenvalue weighted by Crippen LogP contribution is 2.20. The molecule has 5 heteroatoms. The van der Waals surface area contributed by atoms with Crippen LogP contribution in [0.25, 0.3) is 10.9 Å². The van der Waals surface area contributed by atoms with Gasteiger partial charge in [-0.05, 0) is 24.3 Å². The van der Waals surface area contributed by atoms with Gasteiger partial charge < -0.3 is 5.73 Å². The summed E-state index contributed by atoms with van der Waals surface area (Å²) < 4.78 is 28.6. The quantitative estimate of drug-likeness (QED) is 0.797. The van der Waals surface area contributed by atoms with Gasteiger partial charge in [0.1, 0.15) is 11.6 Å². The van der Waals surface area contributed by atoms with E-state index in [9.17, 15) is 8.78 Å². The van der Waals surface area contributed by atoms with Gasteiger partial charge in [-0.25, -0.2) is 8.78 Å². The fourth-order valence-corrected chi connectivity index (χ4v) is 2.29. The van der Waals surface area contributed by atoms with E-state index in [1.807, 2.05) is 24.3 Å². The standard InChI is InChI=1S/C15H13F2N3/c16-11-5-6-13(17)10(7-11)9-20-15-4-2-1-3-12(15)14(8-18)19-20/h1-7H,8-9,18H2. The smallest absolute Gasteiger partial charge is 0.128 e. The van der Waals surface area contributed by atoms with Gasteiger partial charge in [0.2, 0.25) is 0 Å². The highest BCUT2D eigenvalue weighted by atomic mass is 19.1. The fourth-order valence-electron chi connectivity index (χ4n) is 2.29. The number of fused-ring (bicyclic) bond motifs is 1. The van der Waals surface area contributed by atoms with Crippen molar-refractivity contribution >= 4 is 10.9 Å². The van der Waals surface area contributed by atoms with Crippen LogP contribution in [0.2, 0.25) is 0 Å². The van der Waals surface area contributed by atoms with E-state index in [1.54, 1.807) is 4.68 Å². The lowest BCUT2D eigenvalue weighted by atomic mass is 10.2. The van der Waals surface area contributed by atoms with Gasteiger partial charge >= 0.3 is 0 Å². The zero-order valence-corrected chi connectivity index (χ0v) is 10.7. The van der Waals surface area contributed by atoms with E-state index in [0.29, 0.717) is 6.54 Å². The molecule has 0 aliphatic rings. The molecule has 2 aromatic carbocycles. The summed E-state index contributed by atoms with van der Waals surface area (Å²) in [5, 5.41) is 5.31. The molecule has 0 radical (unpaired) electrons. The lowest BCUT2D eigenvalue weighted by molar-refractivity contribution is 0.569. The SMILES string of the molecule is NCc1nn(Cc2cc(F)ccc2F)c2ccccc12. The van der Waals surface area contributed by atoms with Gasteiger partial charge in [0.25, 0.3) is 0 Å². The van der Waals surface area contributed by atoms with Crippen molar-refractivity contribution in [1.82, 2.24) is 9.78 Å². The molecule has 1 heterocycles. The van der Waals surface area contributed by atoms with Crippen LogP contribution in [-0.4, -0.2) is 9.78 Å². The average Bonchev–Trinajstić information content (AvgIpc) is 2.81. The molecule has 3 aromatic rings. The maximum absolute atomic E-state index is 13.7. The van der Waals surface area contributed by atoms with Crippen LogP contribution in [0.1, 0.15) is 11.3 Å². The van der Waals surface area contributed by atoms with Crippen molar-refractivity contribution in [2.45, 2.75) is 13.1 Å². The lowest BCUT2D eigenvalue weighted by Crippen LogP contribution is -2.06. The van der Waals surface area contributed by atoms with Crippen LogP contribution in [-0.2, 0) is 13.1 Å². The molecule has 1 aromatic heterocycles. The summed E-state index contributed by atoms with van der Waals surface area (Å²) in [6.07, 6.45) is 0. The van der Waals surface area contributed by atoms with Crippen LogP contribution in [0.5, 0.6) is 0 Å². The fraction of sp³-hybridized carbons (Fsp3) is 0.133. The third-order valence-electron chi connectivity index (χ3n) is 3.26. The third kappa shape index (κ3) is 2.16. The molecule has 0 saturated heterocycles. The Morgan fingerprint density at radius 3 is 2.70 bits per heavy atom. The lowest BCUT2D eigenvalue weighted by Gasteiger charge is -2.05. The van der Waals surface area contributed by atoms with Crippen LogP contribution in [0.3, 0.4) is 0 Å². The van der Waals surface area contributed by atoms with E-state index >= 15 is 0 Å². The average molecular weight is 273 g/mol. The molecule has 0 bridgehead atoms. The Bertz CT molecular complexity index is 765. The van der Waals surface area contributed by atoms with Crippen LogP contribution in [0.4, 0.5) is 8.78 Å². The molecule has 2 N–H and O–H groups in total. The molecular weight excluding hydrogens is 260 g/mol. The highest BCUT2D eigenvalue weighted by Gasteiger charge is 2.11. The second kappa shape index (κ2) is 5.02. The van der Waals surface area contributed by atoms with Gasteiger partial charge in [-0.1, -0.05) is 18.2 Å². The van der Waals surface area contributed by atoms with E-state index in [0.717, 1.165) is 28.7 Å². The summed E-state index contributed by atoms with van der Waals surface area (Å²) in [7, 11) is 0. The van der Waals surface area contributed by atoms with Crippen molar-refractivity contribution in [3.8, 4) is 0 Å². The molecule has 0 atom stereocenters. The number of benzene rings is 2. The Morgan fingerprint density at radius 2 is 1.90 bits per heavy atom. The molecule has 0 aliphatic heterocycles. The summed E-state index contributed by atoms with van der Waals surface area (Å²) in [5.41, 5.74) is 7.54. The molecule has 3 nitrogen and oxygen atoms in total. The molecule has 3 rings (SSSR count). The van der Waals surface area contributed by atoms with Crippen molar-refractivity contribution in [3.05, 3.63) is 65.4 Å². The van der Waals surface area contributed by atoms with Crippen LogP contribution >= 0.6 is 0 Å². The predicted molar refractivity (Wildman–Crippen MR) is 73.1 cm³/mol. The summed E-state index contributed by atoms with van der Waals surface area (Å²) in [6.45, 7) is 0.475. The zero-order valence-electron chi connectivity index (χ0n) is 10.7. The largest absolute Gasteiger partial charge is 0.325 e. The normalized spacial score (nSPS) is 11.2. The van der Waals surface area contributed by atoms with Crippen LogP contribution < -0.4 is 5.73 Å². The Hall–Kier alpha value is -2.27. The Morgan fingerprint density at radius 1 is 1.10 bits per heavy atom. The number of nitrogens with zero attached hydrogens (tertiary/aromatic N) is 2. The number of aromatic nitrogens is 2. The Kier molecular flexibility index (Phi) is 3.20. The van der Waals surface area contributed by atoms with E-state index < -0.39 is 11.6 Å². The molecule has 102 valence electrons. The second-order valence-electron chi connectivity index (χ2n) is 4.56. The van der Waals surface area contributed by atoms with Crippen molar-refractivity contribution < 1.29 is 8.78 Å². The molecule has 0 amide bonds. The Labute approximate surface area is 114 Å². The van der Waals surface area contributed by atoms with Crippen molar-refractivity contribution in [2.24, 2.45) is 5.73 Å². The topological polar surface area (TPSA) is 43.8 Å². The minimum atomic E-state index is -0.461. The van der Waals surface area contributed by atoms with Crippen molar-refractivity contribution in [2.75, 3.05) is 0 Å². The number of halogens is 2. The van der Waals surface area contributed by atoms with E-state index in [2.05, 4.69) is 5.10 Å². The van der Waals surface area contributed by atoms with Crippen LogP contribution in [0, 0.1) is 11.6 Å². The first-order valence-electron chi connectivity index (χ1n) is 6.27. The second-order valence-corrected chi connectivity index (χ2v) is 4.56. The summed E-state index contributed by atoms with van der Waals surface area (Å²) >= 11 is 0. The van der Waals surface area contributed by atoms with E-state index in [-0.39, 0.29) is 12.1 Å². The molecule has 0 aliphatic carbocycles. The maximum atomic E-state index is 13.7. The number of rotatable bonds is 3. The minimum Gasteiger partial charge on any atom is -0.325 e. The number of para-hydroxylation sites is 1. The third-order valence-corrected chi connectivity index (χ3v) is 3.26. The monoisotopic (exact) mass is 273 g/mol. The first-order valence-corrected chi connectivity index (χ1v) is 6.27. The minimum absolute atomic E-state index is 0.171. The highest BCUT2D eigenvalue weighted by molar-refractivity contribution is 5.82. The van der Waals surface area contributed by atoms with Gasteiger partial charge in [0, 0.05) is 17.5 Å². The van der Waals surface area contributed by atoms with Gasteiger partial charge in [0.15, 0.2) is 0 Å². The summed E-state index contributed by atoms with van der Waals surface area (Å²) in [4.78, 5) is 0. The first-order chi connectivity index (χ1) is 9.69. The summed E-state index contributed by atoms with van der Waals surface area (Å²) in [6, 6.07) is 11.0. The van der Waals surface area contributed by atoms with E-state index in [1.165, 1.54) is 6.07 Å². The molecule has 0 fully saturated rings. The number of hydrogen-bond acceptors (Lipinski definition) is 2. The van der Waals surface area contributed by atoms with Gasteiger partial charge in [0.05, 0.1) is 17.8 Å². The van der Waals surface area contributed by atoms with Crippen molar-refractivity contribution in [3.63, 3.8) is 0 Å². The van der Waals surface area contributed by atoms with Gasteiger partial charge in [-0.2, -0.15) is 5.10 Å². The van der Waals surface area contributed by atoms with Gasteiger partial charge in [-0.3, -0.25) is 4.68 Å². The van der Waals surface area contributed by atoms with Crippen molar-refractivity contribution in [1.29, 1.82) is 0 Å². The zero-order chi connectivity index (χ0) is 14.1. The number of nitrogens with two attached hydrogens (primary N) is 1. The first kappa shape index (κ1) is 12.7. The molecule has 20 heavy (non-hydrogen) atoms. The molecular formula is C15H13F2N3.